The fourth-order valence-electron chi connectivity index (χ4n) is 1.70. The average Bonchev–Trinajstić information content (AvgIpc) is 2.29. The maximum Gasteiger partial charge on any atom is 0.411 e. The third kappa shape index (κ3) is 5.37. The molecule has 1 aromatic rings. The molecule has 0 N–H and O–H groups in total. The number of aryl methyl sites for hydroxylation is 2. The van der Waals surface area contributed by atoms with Crippen LogP contribution in [0.4, 0.5) is 17.6 Å². The summed E-state index contributed by atoms with van der Waals surface area (Å²) in [4.78, 5) is 0. The predicted molar refractivity (Wildman–Crippen MR) is 66.0 cm³/mol. The molecule has 0 aliphatic rings. The Hall–Kier alpha value is -0.810. The van der Waals surface area contributed by atoms with E-state index < -0.39 is 18.2 Å². The molecule has 0 radical (unpaired) electrons. The van der Waals surface area contributed by atoms with Gasteiger partial charge in [-0.1, -0.05) is 12.1 Å². The molecule has 1 unspecified atom stereocenters. The standard InChI is InChI=1S/C13H15ClF4O/c1-8-5-10(6-9(2)12(8)15)11(14)3-4-19-7-13(16,17)18/h5-6,11H,3-4,7H2,1-2H3. The third-order valence-corrected chi connectivity index (χ3v) is 3.07. The Morgan fingerprint density at radius 2 is 1.74 bits per heavy atom. The summed E-state index contributed by atoms with van der Waals surface area (Å²) in [5.74, 6) is -0.291. The van der Waals surface area contributed by atoms with Crippen molar-refractivity contribution in [2.24, 2.45) is 0 Å². The Labute approximate surface area is 114 Å². The van der Waals surface area contributed by atoms with Gasteiger partial charge in [0, 0.05) is 6.61 Å². The van der Waals surface area contributed by atoms with Crippen molar-refractivity contribution in [2.45, 2.75) is 31.8 Å². The molecule has 0 heterocycles. The summed E-state index contributed by atoms with van der Waals surface area (Å²) >= 11 is 6.07. The molecule has 108 valence electrons. The van der Waals surface area contributed by atoms with Gasteiger partial charge >= 0.3 is 6.18 Å². The van der Waals surface area contributed by atoms with Gasteiger partial charge in [0.2, 0.25) is 0 Å². The zero-order valence-electron chi connectivity index (χ0n) is 10.7. The van der Waals surface area contributed by atoms with Gasteiger partial charge in [-0.05, 0) is 37.0 Å². The first-order valence-electron chi connectivity index (χ1n) is 5.76. The number of ether oxygens (including phenoxy) is 1. The van der Waals surface area contributed by atoms with E-state index in [-0.39, 0.29) is 18.8 Å². The summed E-state index contributed by atoms with van der Waals surface area (Å²) < 4.78 is 53.5. The molecule has 0 saturated heterocycles. The predicted octanol–water partition coefficient (Wildman–Crippen LogP) is 4.69. The highest BCUT2D eigenvalue weighted by molar-refractivity contribution is 6.20. The van der Waals surface area contributed by atoms with E-state index >= 15 is 0 Å². The zero-order chi connectivity index (χ0) is 14.6. The first kappa shape index (κ1) is 16.2. The van der Waals surface area contributed by atoms with Crippen LogP contribution in [0.3, 0.4) is 0 Å². The van der Waals surface area contributed by atoms with Crippen molar-refractivity contribution in [3.05, 3.63) is 34.6 Å². The highest BCUT2D eigenvalue weighted by atomic mass is 35.5. The summed E-state index contributed by atoms with van der Waals surface area (Å²) in [6, 6.07) is 3.20. The van der Waals surface area contributed by atoms with Crippen molar-refractivity contribution in [1.29, 1.82) is 0 Å². The maximum absolute atomic E-state index is 13.4. The normalized spacial score (nSPS) is 13.6. The lowest BCUT2D eigenvalue weighted by molar-refractivity contribution is -0.174. The second-order valence-corrected chi connectivity index (χ2v) is 4.92. The lowest BCUT2D eigenvalue weighted by atomic mass is 10.0. The van der Waals surface area contributed by atoms with Crippen molar-refractivity contribution in [2.75, 3.05) is 13.2 Å². The van der Waals surface area contributed by atoms with Gasteiger partial charge in [-0.25, -0.2) is 4.39 Å². The van der Waals surface area contributed by atoms with Gasteiger partial charge in [0.05, 0.1) is 5.38 Å². The zero-order valence-corrected chi connectivity index (χ0v) is 11.4. The van der Waals surface area contributed by atoms with E-state index in [4.69, 9.17) is 11.6 Å². The number of hydrogen-bond acceptors (Lipinski definition) is 1. The molecule has 6 heteroatoms. The summed E-state index contributed by atoms with van der Waals surface area (Å²) in [6.07, 6.45) is -4.09. The van der Waals surface area contributed by atoms with Crippen LogP contribution in [0.1, 0.15) is 28.5 Å². The molecule has 1 atom stereocenters. The Morgan fingerprint density at radius 1 is 1.21 bits per heavy atom. The van der Waals surface area contributed by atoms with Crippen LogP contribution in [0.2, 0.25) is 0 Å². The molecule has 0 spiro atoms. The molecule has 1 rings (SSSR count). The van der Waals surface area contributed by atoms with Crippen molar-refractivity contribution in [3.8, 4) is 0 Å². The Bertz CT molecular complexity index is 408. The van der Waals surface area contributed by atoms with Crippen LogP contribution in [0.15, 0.2) is 12.1 Å². The molecule has 0 fully saturated rings. The second kappa shape index (κ2) is 6.57. The monoisotopic (exact) mass is 298 g/mol. The van der Waals surface area contributed by atoms with Gasteiger partial charge in [0.15, 0.2) is 0 Å². The van der Waals surface area contributed by atoms with Crippen molar-refractivity contribution in [3.63, 3.8) is 0 Å². The molecule has 0 aliphatic carbocycles. The SMILES string of the molecule is Cc1cc(C(Cl)CCOCC(F)(F)F)cc(C)c1F. The van der Waals surface area contributed by atoms with E-state index in [1.807, 2.05) is 0 Å². The average molecular weight is 299 g/mol. The van der Waals surface area contributed by atoms with Crippen LogP contribution in [0.25, 0.3) is 0 Å². The van der Waals surface area contributed by atoms with E-state index in [0.29, 0.717) is 16.7 Å². The number of rotatable bonds is 5. The van der Waals surface area contributed by atoms with Crippen LogP contribution in [0.5, 0.6) is 0 Å². The Morgan fingerprint density at radius 3 is 2.21 bits per heavy atom. The topological polar surface area (TPSA) is 9.23 Å². The highest BCUT2D eigenvalue weighted by Crippen LogP contribution is 2.27. The fourth-order valence-corrected chi connectivity index (χ4v) is 1.92. The number of alkyl halides is 4. The Balaban J connectivity index is 2.52. The van der Waals surface area contributed by atoms with Gasteiger partial charge in [-0.15, -0.1) is 11.6 Å². The van der Waals surface area contributed by atoms with Gasteiger partial charge in [-0.2, -0.15) is 13.2 Å². The van der Waals surface area contributed by atoms with Crippen LogP contribution in [0, 0.1) is 19.7 Å². The summed E-state index contributed by atoms with van der Waals surface area (Å²) in [7, 11) is 0. The third-order valence-electron chi connectivity index (χ3n) is 2.60. The molecular formula is C13H15ClF4O. The van der Waals surface area contributed by atoms with Gasteiger partial charge in [0.25, 0.3) is 0 Å². The van der Waals surface area contributed by atoms with Crippen molar-refractivity contribution >= 4 is 11.6 Å². The lowest BCUT2D eigenvalue weighted by Crippen LogP contribution is -2.17. The van der Waals surface area contributed by atoms with Gasteiger partial charge < -0.3 is 4.74 Å². The molecule has 1 aromatic carbocycles. The van der Waals surface area contributed by atoms with E-state index in [1.54, 1.807) is 26.0 Å². The quantitative estimate of drug-likeness (QED) is 0.435. The summed E-state index contributed by atoms with van der Waals surface area (Å²) in [5.41, 5.74) is 1.63. The molecule has 1 nitrogen and oxygen atoms in total. The van der Waals surface area contributed by atoms with E-state index in [2.05, 4.69) is 4.74 Å². The molecule has 0 aromatic heterocycles. The lowest BCUT2D eigenvalue weighted by Gasteiger charge is -2.13. The largest absolute Gasteiger partial charge is 0.411 e. The Kier molecular flexibility index (Phi) is 5.62. The first-order valence-corrected chi connectivity index (χ1v) is 6.19. The highest BCUT2D eigenvalue weighted by Gasteiger charge is 2.27. The minimum absolute atomic E-state index is 0.0941. The van der Waals surface area contributed by atoms with Crippen LogP contribution in [-0.2, 0) is 4.74 Å². The minimum Gasteiger partial charge on any atom is -0.372 e. The van der Waals surface area contributed by atoms with Crippen LogP contribution >= 0.6 is 11.6 Å². The molecular weight excluding hydrogens is 284 g/mol. The van der Waals surface area contributed by atoms with Gasteiger partial charge in [-0.3, -0.25) is 0 Å². The van der Waals surface area contributed by atoms with Gasteiger partial charge in [0.1, 0.15) is 12.4 Å². The van der Waals surface area contributed by atoms with Crippen LogP contribution < -0.4 is 0 Å². The summed E-state index contributed by atoms with van der Waals surface area (Å²) in [6.45, 7) is 1.87. The molecule has 19 heavy (non-hydrogen) atoms. The maximum atomic E-state index is 13.4. The van der Waals surface area contributed by atoms with E-state index in [9.17, 15) is 17.6 Å². The number of hydrogen-bond donors (Lipinski definition) is 0. The molecule has 0 aliphatic heterocycles. The van der Waals surface area contributed by atoms with Crippen molar-refractivity contribution < 1.29 is 22.3 Å². The minimum atomic E-state index is -4.33. The molecule has 0 amide bonds. The number of benzene rings is 1. The fraction of sp³-hybridized carbons (Fsp3) is 0.538. The van der Waals surface area contributed by atoms with E-state index in [0.717, 1.165) is 0 Å². The van der Waals surface area contributed by atoms with E-state index in [1.165, 1.54) is 0 Å². The summed E-state index contributed by atoms with van der Waals surface area (Å²) in [5, 5.41) is -0.494. The van der Waals surface area contributed by atoms with Crippen molar-refractivity contribution in [1.82, 2.24) is 0 Å². The molecule has 0 saturated carbocycles. The smallest absolute Gasteiger partial charge is 0.372 e. The molecule has 0 bridgehead atoms. The first-order chi connectivity index (χ1) is 8.70. The second-order valence-electron chi connectivity index (χ2n) is 4.39. The van der Waals surface area contributed by atoms with Crippen LogP contribution in [-0.4, -0.2) is 19.4 Å². The number of halogens is 5.